The van der Waals surface area contributed by atoms with Crippen molar-refractivity contribution in [2.24, 2.45) is 0 Å². The van der Waals surface area contributed by atoms with Crippen LogP contribution in [0.5, 0.6) is 0 Å². The molecule has 1 atom stereocenters. The molecule has 2 fully saturated rings. The van der Waals surface area contributed by atoms with E-state index in [-0.39, 0.29) is 29.5 Å². The van der Waals surface area contributed by atoms with Crippen molar-refractivity contribution in [3.8, 4) is 0 Å². The van der Waals surface area contributed by atoms with Crippen LogP contribution in [0, 0.1) is 0 Å². The summed E-state index contributed by atoms with van der Waals surface area (Å²) < 4.78 is 23.6. The maximum absolute atomic E-state index is 12.9. The minimum Gasteiger partial charge on any atom is -0.332 e. The van der Waals surface area contributed by atoms with Crippen LogP contribution in [0.3, 0.4) is 0 Å². The van der Waals surface area contributed by atoms with Crippen LogP contribution < -0.4 is 0 Å². The molecule has 0 bridgehead atoms. The summed E-state index contributed by atoms with van der Waals surface area (Å²) in [6, 6.07) is 6.82. The Bertz CT molecular complexity index is 650. The van der Waals surface area contributed by atoms with Crippen molar-refractivity contribution in [1.82, 2.24) is 4.90 Å². The van der Waals surface area contributed by atoms with E-state index in [1.807, 2.05) is 4.90 Å². The maximum Gasteiger partial charge on any atom is 0.254 e. The van der Waals surface area contributed by atoms with Gasteiger partial charge in [0.1, 0.15) is 0 Å². The van der Waals surface area contributed by atoms with E-state index in [1.165, 1.54) is 0 Å². The standard InChI is InChI=1S/C16H20ClNO3S/c17-13-7-5-12(6-8-13)16(19)18(14-3-1-2-4-14)15-9-10-22(20,21)11-15/h5-8,14-15H,1-4,9-11H2. The van der Waals surface area contributed by atoms with Gasteiger partial charge in [0.05, 0.1) is 11.5 Å². The van der Waals surface area contributed by atoms with Crippen molar-refractivity contribution < 1.29 is 13.2 Å². The fourth-order valence-electron chi connectivity index (χ4n) is 3.55. The van der Waals surface area contributed by atoms with Gasteiger partial charge >= 0.3 is 0 Å². The van der Waals surface area contributed by atoms with Crippen LogP contribution >= 0.6 is 11.6 Å². The van der Waals surface area contributed by atoms with E-state index < -0.39 is 9.84 Å². The summed E-state index contributed by atoms with van der Waals surface area (Å²) in [7, 11) is -3.01. The predicted molar refractivity (Wildman–Crippen MR) is 86.9 cm³/mol. The van der Waals surface area contributed by atoms with Gasteiger partial charge in [-0.25, -0.2) is 8.42 Å². The van der Waals surface area contributed by atoms with Crippen LogP contribution in [0.1, 0.15) is 42.5 Å². The third kappa shape index (κ3) is 3.30. The number of halogens is 1. The van der Waals surface area contributed by atoms with E-state index in [9.17, 15) is 13.2 Å². The van der Waals surface area contributed by atoms with E-state index in [0.29, 0.717) is 17.0 Å². The molecule has 1 unspecified atom stereocenters. The summed E-state index contributed by atoms with van der Waals surface area (Å²) in [4.78, 5) is 14.8. The lowest BCUT2D eigenvalue weighted by Gasteiger charge is -2.34. The number of hydrogen-bond donors (Lipinski definition) is 0. The smallest absolute Gasteiger partial charge is 0.254 e. The van der Waals surface area contributed by atoms with Crippen molar-refractivity contribution in [1.29, 1.82) is 0 Å². The Hall–Kier alpha value is -1.07. The van der Waals surface area contributed by atoms with Gasteiger partial charge in [-0.1, -0.05) is 24.4 Å². The highest BCUT2D eigenvalue weighted by Crippen LogP contribution is 2.30. The number of benzene rings is 1. The number of rotatable bonds is 3. The zero-order valence-corrected chi connectivity index (χ0v) is 13.9. The summed E-state index contributed by atoms with van der Waals surface area (Å²) >= 11 is 5.88. The summed E-state index contributed by atoms with van der Waals surface area (Å²) in [6.45, 7) is 0. The second-order valence-electron chi connectivity index (χ2n) is 6.21. The molecule has 1 saturated heterocycles. The lowest BCUT2D eigenvalue weighted by Crippen LogP contribution is -2.46. The molecule has 1 aliphatic carbocycles. The molecule has 120 valence electrons. The molecule has 1 aromatic carbocycles. The topological polar surface area (TPSA) is 54.5 Å². The fourth-order valence-corrected chi connectivity index (χ4v) is 5.39. The maximum atomic E-state index is 12.9. The van der Waals surface area contributed by atoms with E-state index in [2.05, 4.69) is 0 Å². The molecule has 1 amide bonds. The van der Waals surface area contributed by atoms with E-state index >= 15 is 0 Å². The zero-order chi connectivity index (χ0) is 15.7. The highest BCUT2D eigenvalue weighted by molar-refractivity contribution is 7.91. The Morgan fingerprint density at radius 2 is 1.68 bits per heavy atom. The Balaban J connectivity index is 1.88. The minimum absolute atomic E-state index is 0.0642. The summed E-state index contributed by atoms with van der Waals surface area (Å²) in [5.74, 6) is 0.225. The van der Waals surface area contributed by atoms with E-state index in [0.717, 1.165) is 25.7 Å². The first kappa shape index (κ1) is 15.8. The third-order valence-corrected chi connectivity index (χ3v) is 6.65. The van der Waals surface area contributed by atoms with E-state index in [1.54, 1.807) is 24.3 Å². The van der Waals surface area contributed by atoms with Crippen LogP contribution in [-0.4, -0.2) is 42.8 Å². The molecular formula is C16H20ClNO3S. The normalized spacial score (nSPS) is 24.5. The number of sulfone groups is 1. The number of carbonyl (C=O) groups is 1. The molecule has 4 nitrogen and oxygen atoms in total. The number of hydrogen-bond acceptors (Lipinski definition) is 3. The Labute approximate surface area is 136 Å². The van der Waals surface area contributed by atoms with Gasteiger partial charge < -0.3 is 4.90 Å². The molecule has 0 aromatic heterocycles. The van der Waals surface area contributed by atoms with Crippen LogP contribution in [0.4, 0.5) is 0 Å². The molecular weight excluding hydrogens is 322 g/mol. The van der Waals surface area contributed by atoms with Crippen molar-refractivity contribution in [3.05, 3.63) is 34.9 Å². The minimum atomic E-state index is -3.01. The van der Waals surface area contributed by atoms with Gasteiger partial charge in [-0.05, 0) is 43.5 Å². The molecule has 0 spiro atoms. The molecule has 0 N–H and O–H groups in total. The van der Waals surface area contributed by atoms with Crippen LogP contribution in [0.25, 0.3) is 0 Å². The highest BCUT2D eigenvalue weighted by atomic mass is 35.5. The monoisotopic (exact) mass is 341 g/mol. The number of nitrogens with zero attached hydrogens (tertiary/aromatic N) is 1. The first-order valence-electron chi connectivity index (χ1n) is 7.75. The quantitative estimate of drug-likeness (QED) is 0.849. The lowest BCUT2D eigenvalue weighted by molar-refractivity contribution is 0.0601. The third-order valence-electron chi connectivity index (χ3n) is 4.65. The van der Waals surface area contributed by atoms with Crippen molar-refractivity contribution in [2.75, 3.05) is 11.5 Å². The second-order valence-corrected chi connectivity index (χ2v) is 8.88. The van der Waals surface area contributed by atoms with E-state index in [4.69, 9.17) is 11.6 Å². The van der Waals surface area contributed by atoms with Gasteiger partial charge in [0, 0.05) is 22.7 Å². The van der Waals surface area contributed by atoms with Gasteiger partial charge in [0.25, 0.3) is 5.91 Å². The first-order valence-corrected chi connectivity index (χ1v) is 9.95. The average molecular weight is 342 g/mol. The molecule has 1 aromatic rings. The Kier molecular flexibility index (Phi) is 4.46. The first-order chi connectivity index (χ1) is 10.5. The van der Waals surface area contributed by atoms with Crippen molar-refractivity contribution in [2.45, 2.75) is 44.2 Å². The summed E-state index contributed by atoms with van der Waals surface area (Å²) in [5.41, 5.74) is 0.584. The molecule has 22 heavy (non-hydrogen) atoms. The Morgan fingerprint density at radius 1 is 1.05 bits per heavy atom. The lowest BCUT2D eigenvalue weighted by atomic mass is 10.1. The van der Waals surface area contributed by atoms with Gasteiger partial charge in [-0.15, -0.1) is 0 Å². The molecule has 0 radical (unpaired) electrons. The zero-order valence-electron chi connectivity index (χ0n) is 12.4. The Morgan fingerprint density at radius 3 is 2.23 bits per heavy atom. The summed E-state index contributed by atoms with van der Waals surface area (Å²) in [5, 5.41) is 0.590. The van der Waals surface area contributed by atoms with Gasteiger partial charge in [-0.3, -0.25) is 4.79 Å². The molecule has 1 heterocycles. The van der Waals surface area contributed by atoms with Crippen molar-refractivity contribution in [3.63, 3.8) is 0 Å². The SMILES string of the molecule is O=C(c1ccc(Cl)cc1)N(C1CCCC1)C1CCS(=O)(=O)C1. The largest absolute Gasteiger partial charge is 0.332 e. The number of amides is 1. The average Bonchev–Trinajstić information content (AvgIpc) is 3.10. The van der Waals surface area contributed by atoms with Crippen LogP contribution in [0.15, 0.2) is 24.3 Å². The molecule has 1 aliphatic heterocycles. The van der Waals surface area contributed by atoms with Crippen LogP contribution in [-0.2, 0) is 9.84 Å². The summed E-state index contributed by atoms with van der Waals surface area (Å²) in [6.07, 6.45) is 4.70. The molecule has 6 heteroatoms. The molecule has 3 rings (SSSR count). The van der Waals surface area contributed by atoms with Gasteiger partial charge in [0.15, 0.2) is 9.84 Å². The predicted octanol–water partition coefficient (Wildman–Crippen LogP) is 2.91. The van der Waals surface area contributed by atoms with Gasteiger partial charge in [-0.2, -0.15) is 0 Å². The molecule has 2 aliphatic rings. The van der Waals surface area contributed by atoms with Crippen molar-refractivity contribution >= 4 is 27.3 Å². The van der Waals surface area contributed by atoms with Gasteiger partial charge in [0.2, 0.25) is 0 Å². The fraction of sp³-hybridized carbons (Fsp3) is 0.562. The molecule has 1 saturated carbocycles. The number of carbonyl (C=O) groups excluding carboxylic acids is 1. The second kappa shape index (κ2) is 6.20. The highest BCUT2D eigenvalue weighted by Gasteiger charge is 2.39. The van der Waals surface area contributed by atoms with Crippen LogP contribution in [0.2, 0.25) is 5.02 Å².